The Morgan fingerprint density at radius 3 is 2.71 bits per heavy atom. The molecule has 0 aromatic heterocycles. The highest BCUT2D eigenvalue weighted by Gasteiger charge is 2.18. The minimum absolute atomic E-state index is 0.0130. The van der Waals surface area contributed by atoms with Crippen LogP contribution in [0.5, 0.6) is 5.75 Å². The number of methoxy groups -OCH3 is 1. The monoisotopic (exact) mass is 290 g/mol. The molecule has 0 N–H and O–H groups in total. The maximum absolute atomic E-state index is 10.9. The zero-order chi connectivity index (χ0) is 15.4. The molecule has 0 radical (unpaired) electrons. The van der Waals surface area contributed by atoms with Crippen LogP contribution in [0.3, 0.4) is 0 Å². The Bertz CT molecular complexity index is 552. The summed E-state index contributed by atoms with van der Waals surface area (Å²) >= 11 is 0. The lowest BCUT2D eigenvalue weighted by Crippen LogP contribution is -2.31. The molecule has 1 aromatic carbocycles. The number of nitro groups is 1. The van der Waals surface area contributed by atoms with Crippen LogP contribution in [-0.4, -0.2) is 36.6 Å². The van der Waals surface area contributed by atoms with E-state index in [4.69, 9.17) is 4.74 Å². The molecule has 0 saturated heterocycles. The van der Waals surface area contributed by atoms with Crippen LogP contribution in [0.25, 0.3) is 5.57 Å². The third-order valence-electron chi connectivity index (χ3n) is 3.66. The van der Waals surface area contributed by atoms with Gasteiger partial charge < -0.3 is 4.74 Å². The molecule has 2 rings (SSSR count). The minimum Gasteiger partial charge on any atom is -0.490 e. The summed E-state index contributed by atoms with van der Waals surface area (Å²) in [7, 11) is 1.46. The number of benzene rings is 1. The fourth-order valence-electron chi connectivity index (χ4n) is 2.68. The van der Waals surface area contributed by atoms with Crippen LogP contribution in [-0.2, 0) is 0 Å². The molecule has 0 aliphatic carbocycles. The Morgan fingerprint density at radius 1 is 1.43 bits per heavy atom. The number of nitrogens with zero attached hydrogens (tertiary/aromatic N) is 2. The van der Waals surface area contributed by atoms with Gasteiger partial charge in [-0.1, -0.05) is 19.9 Å². The first-order chi connectivity index (χ1) is 10.0. The Hall–Kier alpha value is -1.88. The smallest absolute Gasteiger partial charge is 0.310 e. The van der Waals surface area contributed by atoms with Crippen molar-refractivity contribution in [1.29, 1.82) is 0 Å². The van der Waals surface area contributed by atoms with Crippen molar-refractivity contribution in [2.75, 3.05) is 26.7 Å². The maximum atomic E-state index is 10.9. The lowest BCUT2D eigenvalue weighted by Gasteiger charge is -2.27. The molecule has 1 heterocycles. The molecule has 5 heteroatoms. The van der Waals surface area contributed by atoms with Crippen LogP contribution in [0, 0.1) is 16.0 Å². The van der Waals surface area contributed by atoms with Gasteiger partial charge >= 0.3 is 5.69 Å². The van der Waals surface area contributed by atoms with Crippen LogP contribution in [0.4, 0.5) is 5.69 Å². The molecule has 5 nitrogen and oxygen atoms in total. The standard InChI is InChI=1S/C16H22N2O3/c1-12(2)11-17-8-6-13(7-9-17)14-4-5-15(18(19)20)16(10-14)21-3/h4-6,10,12H,7-9,11H2,1-3H3. The van der Waals surface area contributed by atoms with Gasteiger partial charge in [0.2, 0.25) is 0 Å². The van der Waals surface area contributed by atoms with E-state index < -0.39 is 4.92 Å². The summed E-state index contributed by atoms with van der Waals surface area (Å²) in [6.45, 7) is 7.52. The second kappa shape index (κ2) is 6.72. The Morgan fingerprint density at radius 2 is 2.19 bits per heavy atom. The van der Waals surface area contributed by atoms with E-state index in [0.717, 1.165) is 31.6 Å². The SMILES string of the molecule is COc1cc(C2=CCN(CC(C)C)CC2)ccc1[N+](=O)[O-]. The fourth-order valence-corrected chi connectivity index (χ4v) is 2.68. The molecule has 1 aliphatic rings. The first kappa shape index (κ1) is 15.5. The summed E-state index contributed by atoms with van der Waals surface area (Å²) in [5.74, 6) is 0.988. The molecule has 114 valence electrons. The van der Waals surface area contributed by atoms with Gasteiger partial charge in [0.05, 0.1) is 12.0 Å². The molecule has 0 saturated carbocycles. The lowest BCUT2D eigenvalue weighted by molar-refractivity contribution is -0.385. The average molecular weight is 290 g/mol. The van der Waals surface area contributed by atoms with E-state index in [9.17, 15) is 10.1 Å². The van der Waals surface area contributed by atoms with Gasteiger partial charge in [0.25, 0.3) is 0 Å². The summed E-state index contributed by atoms with van der Waals surface area (Å²) in [5.41, 5.74) is 2.27. The second-order valence-corrected chi connectivity index (χ2v) is 5.78. The van der Waals surface area contributed by atoms with E-state index >= 15 is 0 Å². The van der Waals surface area contributed by atoms with Crippen molar-refractivity contribution in [1.82, 2.24) is 4.90 Å². The van der Waals surface area contributed by atoms with E-state index in [1.165, 1.54) is 18.7 Å². The summed E-state index contributed by atoms with van der Waals surface area (Å²) in [6, 6.07) is 5.10. The summed E-state index contributed by atoms with van der Waals surface area (Å²) < 4.78 is 5.13. The molecule has 1 aliphatic heterocycles. The van der Waals surface area contributed by atoms with Crippen LogP contribution in [0.2, 0.25) is 0 Å². The number of rotatable bonds is 5. The molecule has 0 fully saturated rings. The van der Waals surface area contributed by atoms with Gasteiger partial charge in [0, 0.05) is 25.7 Å². The van der Waals surface area contributed by atoms with Crippen molar-refractivity contribution >= 4 is 11.3 Å². The van der Waals surface area contributed by atoms with Gasteiger partial charge in [-0.05, 0) is 35.6 Å². The predicted octanol–water partition coefficient (Wildman–Crippen LogP) is 3.35. The van der Waals surface area contributed by atoms with Gasteiger partial charge in [-0.15, -0.1) is 0 Å². The second-order valence-electron chi connectivity index (χ2n) is 5.78. The summed E-state index contributed by atoms with van der Waals surface area (Å²) in [6.07, 6.45) is 3.18. The van der Waals surface area contributed by atoms with Crippen molar-refractivity contribution in [3.8, 4) is 5.75 Å². The molecule has 0 amide bonds. The molecule has 0 atom stereocenters. The van der Waals surface area contributed by atoms with E-state index in [-0.39, 0.29) is 5.69 Å². The largest absolute Gasteiger partial charge is 0.490 e. The summed E-state index contributed by atoms with van der Waals surface area (Å²) in [5, 5.41) is 10.9. The minimum atomic E-state index is -0.414. The first-order valence-electron chi connectivity index (χ1n) is 7.25. The molecular formula is C16H22N2O3. The van der Waals surface area contributed by atoms with E-state index in [2.05, 4.69) is 24.8 Å². The van der Waals surface area contributed by atoms with Crippen molar-refractivity contribution in [3.63, 3.8) is 0 Å². The van der Waals surface area contributed by atoms with Crippen molar-refractivity contribution in [2.24, 2.45) is 5.92 Å². The maximum Gasteiger partial charge on any atom is 0.310 e. The molecule has 0 spiro atoms. The number of nitro benzene ring substituents is 1. The van der Waals surface area contributed by atoms with E-state index in [0.29, 0.717) is 11.7 Å². The van der Waals surface area contributed by atoms with Crippen LogP contribution in [0.15, 0.2) is 24.3 Å². The molecule has 1 aromatic rings. The Labute approximate surface area is 125 Å². The van der Waals surface area contributed by atoms with Gasteiger partial charge in [-0.3, -0.25) is 15.0 Å². The number of hydrogen-bond donors (Lipinski definition) is 0. The lowest BCUT2D eigenvalue weighted by atomic mass is 9.98. The molecular weight excluding hydrogens is 268 g/mol. The zero-order valence-corrected chi connectivity index (χ0v) is 12.8. The van der Waals surface area contributed by atoms with Crippen molar-refractivity contribution in [2.45, 2.75) is 20.3 Å². The van der Waals surface area contributed by atoms with Crippen LogP contribution >= 0.6 is 0 Å². The third kappa shape index (κ3) is 3.82. The third-order valence-corrected chi connectivity index (χ3v) is 3.66. The predicted molar refractivity (Wildman–Crippen MR) is 83.5 cm³/mol. The van der Waals surface area contributed by atoms with Crippen LogP contribution < -0.4 is 4.74 Å². The van der Waals surface area contributed by atoms with Gasteiger partial charge in [-0.2, -0.15) is 0 Å². The highest BCUT2D eigenvalue weighted by atomic mass is 16.6. The topological polar surface area (TPSA) is 55.6 Å². The van der Waals surface area contributed by atoms with E-state index in [1.807, 2.05) is 6.07 Å². The van der Waals surface area contributed by atoms with Crippen molar-refractivity contribution in [3.05, 3.63) is 40.0 Å². The van der Waals surface area contributed by atoms with Crippen LogP contribution in [0.1, 0.15) is 25.8 Å². The summed E-state index contributed by atoms with van der Waals surface area (Å²) in [4.78, 5) is 12.9. The zero-order valence-electron chi connectivity index (χ0n) is 12.8. The van der Waals surface area contributed by atoms with Gasteiger partial charge in [-0.25, -0.2) is 0 Å². The molecule has 0 bridgehead atoms. The van der Waals surface area contributed by atoms with Crippen molar-refractivity contribution < 1.29 is 9.66 Å². The normalized spacial score (nSPS) is 15.9. The number of ether oxygens (including phenoxy) is 1. The van der Waals surface area contributed by atoms with Gasteiger partial charge in [0.15, 0.2) is 5.75 Å². The average Bonchev–Trinajstić information content (AvgIpc) is 2.46. The first-order valence-corrected chi connectivity index (χ1v) is 7.25. The highest BCUT2D eigenvalue weighted by Crippen LogP contribution is 2.32. The number of hydrogen-bond acceptors (Lipinski definition) is 4. The fraction of sp³-hybridized carbons (Fsp3) is 0.500. The molecule has 21 heavy (non-hydrogen) atoms. The quantitative estimate of drug-likeness (QED) is 0.616. The highest BCUT2D eigenvalue weighted by molar-refractivity contribution is 5.69. The molecule has 0 unspecified atom stereocenters. The van der Waals surface area contributed by atoms with Gasteiger partial charge in [0.1, 0.15) is 0 Å². The van der Waals surface area contributed by atoms with E-state index in [1.54, 1.807) is 6.07 Å². The Balaban J connectivity index is 2.16. The Kier molecular flexibility index (Phi) is 4.96.